The first-order chi connectivity index (χ1) is 10.7. The number of aromatic nitrogens is 1. The molecule has 1 atom stereocenters. The first-order valence-electron chi connectivity index (χ1n) is 7.34. The summed E-state index contributed by atoms with van der Waals surface area (Å²) in [4.78, 5) is 18.1. The molecule has 2 heterocycles. The van der Waals surface area contributed by atoms with Crippen molar-refractivity contribution in [1.29, 1.82) is 0 Å². The fourth-order valence-electron chi connectivity index (χ4n) is 2.60. The van der Waals surface area contributed by atoms with Gasteiger partial charge in [-0.2, -0.15) is 0 Å². The summed E-state index contributed by atoms with van der Waals surface area (Å²) in [6.07, 6.45) is 1.26. The highest BCUT2D eigenvalue weighted by Crippen LogP contribution is 2.21. The van der Waals surface area contributed by atoms with Gasteiger partial charge in [-0.25, -0.2) is 4.98 Å². The fraction of sp³-hybridized carbons (Fsp3) is 0.375. The molecule has 1 aromatic heterocycles. The van der Waals surface area contributed by atoms with Gasteiger partial charge in [-0.3, -0.25) is 4.79 Å². The molecule has 1 amide bonds. The van der Waals surface area contributed by atoms with Gasteiger partial charge in [-0.05, 0) is 5.56 Å². The van der Waals surface area contributed by atoms with Gasteiger partial charge in [0.25, 0.3) is 0 Å². The molecule has 116 valence electrons. The van der Waals surface area contributed by atoms with Crippen LogP contribution in [-0.2, 0) is 24.2 Å². The molecule has 0 spiro atoms. The number of carbonyl (C=O) groups excluding carboxylic acids is 1. The van der Waals surface area contributed by atoms with E-state index in [1.54, 1.807) is 4.90 Å². The predicted octanol–water partition coefficient (Wildman–Crippen LogP) is 0.470. The van der Waals surface area contributed by atoms with Gasteiger partial charge in [0.1, 0.15) is 17.5 Å². The molecule has 0 fully saturated rings. The maximum Gasteiger partial charge on any atom is 0.242 e. The quantitative estimate of drug-likeness (QED) is 0.856. The van der Waals surface area contributed by atoms with Gasteiger partial charge in [-0.1, -0.05) is 30.3 Å². The van der Waals surface area contributed by atoms with Crippen LogP contribution in [0, 0.1) is 0 Å². The Morgan fingerprint density at radius 3 is 2.91 bits per heavy atom. The van der Waals surface area contributed by atoms with Crippen LogP contribution in [-0.4, -0.2) is 40.1 Å². The topological polar surface area (TPSA) is 92.6 Å². The second-order valence-corrected chi connectivity index (χ2v) is 5.44. The molecule has 6 nitrogen and oxygen atoms in total. The summed E-state index contributed by atoms with van der Waals surface area (Å²) in [5.74, 6) is 1.25. The summed E-state index contributed by atoms with van der Waals surface area (Å²) in [7, 11) is 0. The van der Waals surface area contributed by atoms with Gasteiger partial charge in [-0.15, -0.1) is 0 Å². The van der Waals surface area contributed by atoms with Gasteiger partial charge in [0, 0.05) is 19.4 Å². The zero-order chi connectivity index (χ0) is 15.5. The number of amides is 1. The van der Waals surface area contributed by atoms with Crippen molar-refractivity contribution in [2.75, 3.05) is 13.2 Å². The van der Waals surface area contributed by atoms with Gasteiger partial charge in [0.2, 0.25) is 5.91 Å². The van der Waals surface area contributed by atoms with Crippen LogP contribution in [0.15, 0.2) is 34.7 Å². The van der Waals surface area contributed by atoms with Crippen molar-refractivity contribution in [1.82, 2.24) is 9.88 Å². The third kappa shape index (κ3) is 3.03. The van der Waals surface area contributed by atoms with Crippen LogP contribution in [0.5, 0.6) is 0 Å². The molecule has 1 aromatic carbocycles. The van der Waals surface area contributed by atoms with Gasteiger partial charge >= 0.3 is 0 Å². The van der Waals surface area contributed by atoms with Crippen LogP contribution < -0.4 is 5.73 Å². The van der Waals surface area contributed by atoms with E-state index in [4.69, 9.17) is 15.3 Å². The third-order valence-corrected chi connectivity index (χ3v) is 3.80. The average Bonchev–Trinajstić information content (AvgIpc) is 2.95. The Balaban J connectivity index is 1.72. The predicted molar refractivity (Wildman–Crippen MR) is 79.9 cm³/mol. The molecule has 1 aliphatic rings. The highest BCUT2D eigenvalue weighted by Gasteiger charge is 2.28. The molecule has 3 rings (SSSR count). The number of nitrogens with two attached hydrogens (primary N) is 1. The van der Waals surface area contributed by atoms with Crippen molar-refractivity contribution in [3.05, 3.63) is 53.2 Å². The third-order valence-electron chi connectivity index (χ3n) is 3.80. The number of carbonyl (C=O) groups is 1. The summed E-state index contributed by atoms with van der Waals surface area (Å²) in [5.41, 5.74) is 7.51. The number of aliphatic hydroxyl groups is 1. The lowest BCUT2D eigenvalue weighted by Gasteiger charge is -2.27. The minimum atomic E-state index is -0.864. The Bertz CT molecular complexity index is 654. The molecule has 1 aliphatic heterocycles. The van der Waals surface area contributed by atoms with Crippen molar-refractivity contribution in [2.45, 2.75) is 25.4 Å². The van der Waals surface area contributed by atoms with Crippen LogP contribution in [0.4, 0.5) is 0 Å². The van der Waals surface area contributed by atoms with E-state index in [0.29, 0.717) is 31.8 Å². The molecule has 6 heteroatoms. The number of rotatable bonds is 4. The minimum absolute atomic E-state index is 0.249. The van der Waals surface area contributed by atoms with Crippen LogP contribution in [0.2, 0.25) is 0 Å². The lowest BCUT2D eigenvalue weighted by atomic mass is 10.1. The largest absolute Gasteiger partial charge is 0.445 e. The Kier molecular flexibility index (Phi) is 4.22. The second-order valence-electron chi connectivity index (χ2n) is 5.44. The zero-order valence-corrected chi connectivity index (χ0v) is 12.2. The van der Waals surface area contributed by atoms with Crippen LogP contribution in [0.25, 0.3) is 0 Å². The van der Waals surface area contributed by atoms with Crippen LogP contribution in [0.1, 0.15) is 22.9 Å². The van der Waals surface area contributed by atoms with E-state index in [0.717, 1.165) is 17.0 Å². The molecular formula is C16H19N3O3. The Hall–Kier alpha value is -2.18. The lowest BCUT2D eigenvalue weighted by Crippen LogP contribution is -2.47. The van der Waals surface area contributed by atoms with E-state index in [1.807, 2.05) is 30.3 Å². The SMILES string of the molecule is N[C@@H](CO)C(=O)N1CCc2oc(Cc3ccccc3)nc2C1. The standard InChI is InChI=1S/C16H19N3O3/c17-12(10-20)16(21)19-7-6-14-13(9-19)18-15(22-14)8-11-4-2-1-3-5-11/h1-5,12,20H,6-10,17H2/t12-/m0/s1. The van der Waals surface area contributed by atoms with Crippen molar-refractivity contribution < 1.29 is 14.3 Å². The van der Waals surface area contributed by atoms with E-state index in [-0.39, 0.29) is 12.5 Å². The first kappa shape index (κ1) is 14.7. The van der Waals surface area contributed by atoms with Gasteiger partial charge in [0.05, 0.1) is 13.2 Å². The summed E-state index contributed by atoms with van der Waals surface area (Å²) in [5, 5.41) is 8.99. The number of hydrogen-bond donors (Lipinski definition) is 2. The fourth-order valence-corrected chi connectivity index (χ4v) is 2.60. The van der Waals surface area contributed by atoms with Crippen molar-refractivity contribution in [3.8, 4) is 0 Å². The van der Waals surface area contributed by atoms with E-state index in [1.165, 1.54) is 0 Å². The number of fused-ring (bicyclic) bond motifs is 1. The molecule has 0 radical (unpaired) electrons. The van der Waals surface area contributed by atoms with Crippen molar-refractivity contribution in [3.63, 3.8) is 0 Å². The maximum absolute atomic E-state index is 12.0. The molecule has 22 heavy (non-hydrogen) atoms. The van der Waals surface area contributed by atoms with Crippen molar-refractivity contribution >= 4 is 5.91 Å². The first-order valence-corrected chi connectivity index (χ1v) is 7.34. The number of hydrogen-bond acceptors (Lipinski definition) is 5. The Morgan fingerprint density at radius 2 is 2.18 bits per heavy atom. The normalized spacial score (nSPS) is 15.5. The second kappa shape index (κ2) is 6.29. The van der Waals surface area contributed by atoms with Crippen LogP contribution in [0.3, 0.4) is 0 Å². The highest BCUT2D eigenvalue weighted by molar-refractivity contribution is 5.81. The maximum atomic E-state index is 12.0. The van der Waals surface area contributed by atoms with E-state index in [9.17, 15) is 4.79 Å². The number of oxazole rings is 1. The smallest absolute Gasteiger partial charge is 0.242 e. The molecule has 0 saturated carbocycles. The lowest BCUT2D eigenvalue weighted by molar-refractivity contribution is -0.134. The summed E-state index contributed by atoms with van der Waals surface area (Å²) in [6.45, 7) is 0.583. The monoisotopic (exact) mass is 301 g/mol. The van der Waals surface area contributed by atoms with Gasteiger partial charge in [0.15, 0.2) is 5.89 Å². The minimum Gasteiger partial charge on any atom is -0.445 e. The number of nitrogens with zero attached hydrogens (tertiary/aromatic N) is 2. The molecule has 0 aliphatic carbocycles. The summed E-state index contributed by atoms with van der Waals surface area (Å²) >= 11 is 0. The Labute approximate surface area is 128 Å². The highest BCUT2D eigenvalue weighted by atomic mass is 16.4. The van der Waals surface area contributed by atoms with E-state index >= 15 is 0 Å². The van der Waals surface area contributed by atoms with Crippen molar-refractivity contribution in [2.24, 2.45) is 5.73 Å². The van der Waals surface area contributed by atoms with E-state index < -0.39 is 6.04 Å². The number of benzene rings is 1. The summed E-state index contributed by atoms with van der Waals surface area (Å²) in [6, 6.07) is 9.12. The molecular weight excluding hydrogens is 282 g/mol. The van der Waals surface area contributed by atoms with E-state index in [2.05, 4.69) is 4.98 Å². The average molecular weight is 301 g/mol. The molecule has 3 N–H and O–H groups in total. The molecule has 0 bridgehead atoms. The Morgan fingerprint density at radius 1 is 1.41 bits per heavy atom. The summed E-state index contributed by atoms with van der Waals surface area (Å²) < 4.78 is 5.80. The van der Waals surface area contributed by atoms with Crippen LogP contribution >= 0.6 is 0 Å². The van der Waals surface area contributed by atoms with Gasteiger partial charge < -0.3 is 20.2 Å². The molecule has 0 unspecified atom stereocenters. The zero-order valence-electron chi connectivity index (χ0n) is 12.2. The molecule has 0 saturated heterocycles. The molecule has 2 aromatic rings. The number of aliphatic hydroxyl groups excluding tert-OH is 1.